The molecule has 2 heterocycles. The maximum Gasteiger partial charge on any atom is 0.497 e. The summed E-state index contributed by atoms with van der Waals surface area (Å²) in [4.78, 5) is 0. The number of benzene rings is 2. The highest BCUT2D eigenvalue weighted by Gasteiger charge is 2.52. The Morgan fingerprint density at radius 3 is 2.27 bits per heavy atom. The van der Waals surface area contributed by atoms with E-state index in [2.05, 4.69) is 68.8 Å². The molecule has 3 nitrogen and oxygen atoms in total. The van der Waals surface area contributed by atoms with Crippen molar-refractivity contribution in [2.45, 2.75) is 45.4 Å². The standard InChI is InChI=1S/C21H23BClNO2/c1-20(2)21(3,4)26-22(25-20)18-14-24(13-15-8-6-5-7-9-15)19-12-16(23)10-11-17(18)19/h5-12,14H,13H2,1-4H3. The van der Waals surface area contributed by atoms with Gasteiger partial charge in [-0.05, 0) is 50.8 Å². The largest absolute Gasteiger partial charge is 0.497 e. The molecule has 5 heteroatoms. The smallest absolute Gasteiger partial charge is 0.399 e. The molecule has 0 atom stereocenters. The molecule has 1 fully saturated rings. The fraction of sp³-hybridized carbons (Fsp3) is 0.333. The van der Waals surface area contributed by atoms with E-state index in [0.29, 0.717) is 0 Å². The maximum absolute atomic E-state index is 6.28. The van der Waals surface area contributed by atoms with Crippen LogP contribution in [0.1, 0.15) is 33.3 Å². The third-order valence-electron chi connectivity index (χ3n) is 5.58. The van der Waals surface area contributed by atoms with E-state index in [4.69, 9.17) is 20.9 Å². The Morgan fingerprint density at radius 2 is 1.62 bits per heavy atom. The molecule has 0 radical (unpaired) electrons. The third-order valence-corrected chi connectivity index (χ3v) is 5.81. The molecule has 26 heavy (non-hydrogen) atoms. The van der Waals surface area contributed by atoms with Gasteiger partial charge in [0.05, 0.1) is 11.2 Å². The lowest BCUT2D eigenvalue weighted by Gasteiger charge is -2.32. The van der Waals surface area contributed by atoms with Crippen molar-refractivity contribution in [1.82, 2.24) is 4.57 Å². The SMILES string of the molecule is CC1(C)OB(c2cn(Cc3ccccc3)c3cc(Cl)ccc23)OC1(C)C. The van der Waals surface area contributed by atoms with Gasteiger partial charge in [-0.3, -0.25) is 0 Å². The van der Waals surface area contributed by atoms with Crippen molar-refractivity contribution >= 4 is 35.1 Å². The second-order valence-corrected chi connectivity index (χ2v) is 8.38. The number of nitrogens with zero attached hydrogens (tertiary/aromatic N) is 1. The second-order valence-electron chi connectivity index (χ2n) is 7.95. The van der Waals surface area contributed by atoms with Crippen molar-refractivity contribution < 1.29 is 9.31 Å². The molecule has 1 aliphatic heterocycles. The molecule has 0 amide bonds. The number of hydrogen-bond donors (Lipinski definition) is 0. The Labute approximate surface area is 160 Å². The van der Waals surface area contributed by atoms with Crippen LogP contribution in [0.2, 0.25) is 5.02 Å². The molecular formula is C21H23BClNO2. The van der Waals surface area contributed by atoms with Gasteiger partial charge in [-0.1, -0.05) is 48.0 Å². The lowest BCUT2D eigenvalue weighted by atomic mass is 9.79. The van der Waals surface area contributed by atoms with Crippen LogP contribution < -0.4 is 5.46 Å². The van der Waals surface area contributed by atoms with Crippen LogP contribution in [-0.4, -0.2) is 22.9 Å². The van der Waals surface area contributed by atoms with Gasteiger partial charge in [0.25, 0.3) is 0 Å². The first-order valence-corrected chi connectivity index (χ1v) is 9.32. The van der Waals surface area contributed by atoms with Crippen LogP contribution in [0.15, 0.2) is 54.7 Å². The van der Waals surface area contributed by atoms with Gasteiger partial charge in [0.2, 0.25) is 0 Å². The van der Waals surface area contributed by atoms with E-state index in [1.165, 1.54) is 5.56 Å². The van der Waals surface area contributed by atoms with Gasteiger partial charge in [0, 0.05) is 28.7 Å². The summed E-state index contributed by atoms with van der Waals surface area (Å²) in [6.07, 6.45) is 2.14. The molecule has 0 unspecified atom stereocenters. The van der Waals surface area contributed by atoms with E-state index in [1.807, 2.05) is 18.2 Å². The highest BCUT2D eigenvalue weighted by Crippen LogP contribution is 2.37. The van der Waals surface area contributed by atoms with Crippen LogP contribution in [0.3, 0.4) is 0 Å². The average Bonchev–Trinajstić information content (AvgIpc) is 3.02. The molecular weight excluding hydrogens is 345 g/mol. The fourth-order valence-corrected chi connectivity index (χ4v) is 3.53. The maximum atomic E-state index is 6.28. The molecule has 0 aliphatic carbocycles. The molecule has 4 rings (SSSR count). The first-order chi connectivity index (χ1) is 12.3. The van der Waals surface area contributed by atoms with Crippen LogP contribution in [0.25, 0.3) is 10.9 Å². The van der Waals surface area contributed by atoms with E-state index >= 15 is 0 Å². The summed E-state index contributed by atoms with van der Waals surface area (Å²) < 4.78 is 14.8. The quantitative estimate of drug-likeness (QED) is 0.629. The van der Waals surface area contributed by atoms with Gasteiger partial charge in [-0.25, -0.2) is 0 Å². The van der Waals surface area contributed by atoms with Crippen molar-refractivity contribution in [3.05, 3.63) is 65.3 Å². The molecule has 1 aromatic heterocycles. The van der Waals surface area contributed by atoms with Crippen LogP contribution in [0, 0.1) is 0 Å². The molecule has 134 valence electrons. The minimum absolute atomic E-state index is 0.363. The zero-order valence-electron chi connectivity index (χ0n) is 15.6. The fourth-order valence-electron chi connectivity index (χ4n) is 3.36. The van der Waals surface area contributed by atoms with Crippen molar-refractivity contribution in [1.29, 1.82) is 0 Å². The second kappa shape index (κ2) is 6.16. The Hall–Kier alpha value is -1.75. The predicted octanol–water partition coefficient (Wildman–Crippen LogP) is 4.64. The lowest BCUT2D eigenvalue weighted by molar-refractivity contribution is 0.00578. The lowest BCUT2D eigenvalue weighted by Crippen LogP contribution is -2.41. The van der Waals surface area contributed by atoms with E-state index in [0.717, 1.165) is 27.9 Å². The summed E-state index contributed by atoms with van der Waals surface area (Å²) in [5.74, 6) is 0. The monoisotopic (exact) mass is 367 g/mol. The van der Waals surface area contributed by atoms with Crippen LogP contribution in [-0.2, 0) is 15.9 Å². The summed E-state index contributed by atoms with van der Waals surface area (Å²) in [5, 5.41) is 1.84. The van der Waals surface area contributed by atoms with E-state index in [1.54, 1.807) is 0 Å². The summed E-state index contributed by atoms with van der Waals surface area (Å²) in [5.41, 5.74) is 2.65. The van der Waals surface area contributed by atoms with Gasteiger partial charge < -0.3 is 13.9 Å². The highest BCUT2D eigenvalue weighted by molar-refractivity contribution is 6.65. The van der Waals surface area contributed by atoms with Gasteiger partial charge >= 0.3 is 7.12 Å². The molecule has 1 saturated heterocycles. The van der Waals surface area contributed by atoms with Gasteiger partial charge in [-0.2, -0.15) is 0 Å². The Kier molecular flexibility index (Phi) is 4.18. The zero-order valence-corrected chi connectivity index (χ0v) is 16.4. The molecule has 0 saturated carbocycles. The first-order valence-electron chi connectivity index (χ1n) is 8.95. The minimum Gasteiger partial charge on any atom is -0.399 e. The molecule has 0 bridgehead atoms. The summed E-state index contributed by atoms with van der Waals surface area (Å²) in [6, 6.07) is 16.4. The van der Waals surface area contributed by atoms with E-state index < -0.39 is 0 Å². The topological polar surface area (TPSA) is 23.4 Å². The highest BCUT2D eigenvalue weighted by atomic mass is 35.5. The minimum atomic E-state index is -0.388. The van der Waals surface area contributed by atoms with Gasteiger partial charge in [0.15, 0.2) is 0 Å². The van der Waals surface area contributed by atoms with Crippen LogP contribution in [0.5, 0.6) is 0 Å². The Balaban J connectivity index is 1.79. The van der Waals surface area contributed by atoms with E-state index in [9.17, 15) is 0 Å². The van der Waals surface area contributed by atoms with Gasteiger partial charge in [0.1, 0.15) is 0 Å². The number of hydrogen-bond acceptors (Lipinski definition) is 2. The number of aromatic nitrogens is 1. The predicted molar refractivity (Wildman–Crippen MR) is 108 cm³/mol. The average molecular weight is 368 g/mol. The van der Waals surface area contributed by atoms with Crippen LogP contribution in [0.4, 0.5) is 0 Å². The van der Waals surface area contributed by atoms with Crippen LogP contribution >= 0.6 is 11.6 Å². The summed E-state index contributed by atoms with van der Waals surface area (Å²) >= 11 is 6.28. The molecule has 3 aromatic rings. The first kappa shape index (κ1) is 17.7. The molecule has 0 spiro atoms. The van der Waals surface area contributed by atoms with Crippen molar-refractivity contribution in [2.24, 2.45) is 0 Å². The van der Waals surface area contributed by atoms with Crippen molar-refractivity contribution in [2.75, 3.05) is 0 Å². The van der Waals surface area contributed by atoms with Gasteiger partial charge in [-0.15, -0.1) is 0 Å². The summed E-state index contributed by atoms with van der Waals surface area (Å²) in [7, 11) is -0.388. The normalized spacial score (nSPS) is 18.6. The molecule has 0 N–H and O–H groups in total. The number of rotatable bonds is 3. The summed E-state index contributed by atoms with van der Waals surface area (Å²) in [6.45, 7) is 9.08. The van der Waals surface area contributed by atoms with Crippen molar-refractivity contribution in [3.63, 3.8) is 0 Å². The Bertz CT molecular complexity index is 933. The van der Waals surface area contributed by atoms with E-state index in [-0.39, 0.29) is 18.3 Å². The molecule has 2 aromatic carbocycles. The zero-order chi connectivity index (χ0) is 18.5. The number of fused-ring (bicyclic) bond motifs is 1. The Morgan fingerprint density at radius 1 is 0.962 bits per heavy atom. The third kappa shape index (κ3) is 2.96. The number of halogens is 1. The van der Waals surface area contributed by atoms with Crippen molar-refractivity contribution in [3.8, 4) is 0 Å². The molecule has 1 aliphatic rings.